The number of nitrogens with zero attached hydrogens (tertiary/aromatic N) is 1. The van der Waals surface area contributed by atoms with E-state index < -0.39 is 5.56 Å². The number of hydrogen-bond donors (Lipinski definition) is 3. The van der Waals surface area contributed by atoms with Crippen LogP contribution in [0.5, 0.6) is 11.6 Å². The lowest BCUT2D eigenvalue weighted by molar-refractivity contribution is 0.0921. The molecule has 0 atom stereocenters. The van der Waals surface area contributed by atoms with Gasteiger partial charge in [0, 0.05) is 18.5 Å². The van der Waals surface area contributed by atoms with Crippen molar-refractivity contribution in [3.05, 3.63) is 75.7 Å². The average molecular weight is 369 g/mol. The van der Waals surface area contributed by atoms with Crippen molar-refractivity contribution in [3.8, 4) is 11.6 Å². The molecule has 1 amide bonds. The molecule has 0 radical (unpaired) electrons. The zero-order valence-corrected chi connectivity index (χ0v) is 14.7. The molecule has 140 valence electrons. The van der Waals surface area contributed by atoms with Crippen LogP contribution in [-0.2, 0) is 13.0 Å². The van der Waals surface area contributed by atoms with Crippen LogP contribution in [0.4, 0.5) is 0 Å². The molecule has 0 unspecified atom stereocenters. The number of carbonyl (C=O) groups is 1. The topological polar surface area (TPSA) is 117 Å². The van der Waals surface area contributed by atoms with Crippen LogP contribution >= 0.6 is 0 Å². The number of rotatable bonds is 7. The molecule has 27 heavy (non-hydrogen) atoms. The Hall–Kier alpha value is -3.55. The van der Waals surface area contributed by atoms with E-state index in [1.54, 1.807) is 13.0 Å². The van der Waals surface area contributed by atoms with Gasteiger partial charge in [-0.25, -0.2) is 4.98 Å². The van der Waals surface area contributed by atoms with Gasteiger partial charge in [-0.1, -0.05) is 18.2 Å². The number of aromatic nitrogens is 2. The summed E-state index contributed by atoms with van der Waals surface area (Å²) < 4.78 is 11.2. The maximum atomic E-state index is 12.3. The van der Waals surface area contributed by atoms with Crippen LogP contribution in [0.1, 0.15) is 27.7 Å². The van der Waals surface area contributed by atoms with E-state index in [9.17, 15) is 14.7 Å². The Labute approximate surface area is 154 Å². The normalized spacial score (nSPS) is 10.6. The fourth-order valence-electron chi connectivity index (χ4n) is 2.50. The van der Waals surface area contributed by atoms with Crippen molar-refractivity contribution in [1.82, 2.24) is 15.3 Å². The number of benzene rings is 1. The number of hydrogen-bond acceptors (Lipinski definition) is 6. The standard InChI is InChI=1S/C19H19N3O5/c1-12-9-14(11-26-13-5-3-2-4-6-13)27-18(12)19(25)20-8-7-15-21-16(23)10-17(24)22-15/h2-6,9-10H,7-8,11H2,1H3,(H,20,25)(H2,21,22,23,24). The smallest absolute Gasteiger partial charge is 0.287 e. The Kier molecular flexibility index (Phi) is 5.55. The predicted molar refractivity (Wildman–Crippen MR) is 96.8 cm³/mol. The molecule has 0 saturated carbocycles. The quantitative estimate of drug-likeness (QED) is 0.586. The number of nitrogens with one attached hydrogen (secondary N) is 2. The predicted octanol–water partition coefficient (Wildman–Crippen LogP) is 1.93. The minimum Gasteiger partial charge on any atom is -0.493 e. The maximum absolute atomic E-state index is 12.3. The van der Waals surface area contributed by atoms with Gasteiger partial charge in [-0.2, -0.15) is 0 Å². The van der Waals surface area contributed by atoms with Crippen LogP contribution in [0.3, 0.4) is 0 Å². The number of carbonyl (C=O) groups excluding carboxylic acids is 1. The molecule has 3 rings (SSSR count). The number of aromatic hydroxyl groups is 1. The lowest BCUT2D eigenvalue weighted by Gasteiger charge is -2.05. The van der Waals surface area contributed by atoms with Crippen molar-refractivity contribution in [1.29, 1.82) is 0 Å². The monoisotopic (exact) mass is 369 g/mol. The van der Waals surface area contributed by atoms with Gasteiger partial charge in [0.05, 0.1) is 6.07 Å². The van der Waals surface area contributed by atoms with E-state index in [0.29, 0.717) is 17.1 Å². The number of H-pyrrole nitrogens is 1. The molecule has 3 N–H and O–H groups in total. The third kappa shape index (κ3) is 4.97. The van der Waals surface area contributed by atoms with Gasteiger partial charge in [0.25, 0.3) is 11.5 Å². The highest BCUT2D eigenvalue weighted by Crippen LogP contribution is 2.17. The molecule has 2 aromatic heterocycles. The molecule has 8 nitrogen and oxygen atoms in total. The molecule has 0 saturated heterocycles. The highest BCUT2D eigenvalue weighted by atomic mass is 16.5. The first-order valence-corrected chi connectivity index (χ1v) is 8.36. The molecule has 3 aromatic rings. The van der Waals surface area contributed by atoms with Crippen molar-refractivity contribution < 1.29 is 19.1 Å². The van der Waals surface area contributed by atoms with Crippen LogP contribution in [0, 0.1) is 6.92 Å². The molecule has 0 aliphatic rings. The lowest BCUT2D eigenvalue weighted by Crippen LogP contribution is -2.27. The molecule has 0 bridgehead atoms. The zero-order chi connectivity index (χ0) is 19.2. The van der Waals surface area contributed by atoms with Crippen molar-refractivity contribution in [2.75, 3.05) is 6.54 Å². The highest BCUT2D eigenvalue weighted by Gasteiger charge is 2.16. The van der Waals surface area contributed by atoms with Gasteiger partial charge in [-0.15, -0.1) is 0 Å². The summed E-state index contributed by atoms with van der Waals surface area (Å²) >= 11 is 0. The number of para-hydroxylation sites is 1. The summed E-state index contributed by atoms with van der Waals surface area (Å²) in [4.78, 5) is 29.8. The van der Waals surface area contributed by atoms with Crippen molar-refractivity contribution >= 4 is 5.91 Å². The summed E-state index contributed by atoms with van der Waals surface area (Å²) in [5.74, 6) is 1.02. The Balaban J connectivity index is 1.55. The van der Waals surface area contributed by atoms with Gasteiger partial charge in [-0.05, 0) is 25.1 Å². The van der Waals surface area contributed by atoms with Crippen molar-refractivity contribution in [2.45, 2.75) is 20.0 Å². The lowest BCUT2D eigenvalue weighted by atomic mass is 10.2. The van der Waals surface area contributed by atoms with Crippen LogP contribution in [0.25, 0.3) is 0 Å². The Morgan fingerprint density at radius 1 is 1.30 bits per heavy atom. The molecule has 0 aliphatic carbocycles. The van der Waals surface area contributed by atoms with E-state index in [0.717, 1.165) is 6.07 Å². The average Bonchev–Trinajstić information content (AvgIpc) is 3.01. The molecule has 1 aromatic carbocycles. The summed E-state index contributed by atoms with van der Waals surface area (Å²) in [6, 6.07) is 12.0. The van der Waals surface area contributed by atoms with E-state index in [1.165, 1.54) is 0 Å². The number of amides is 1. The summed E-state index contributed by atoms with van der Waals surface area (Å²) in [7, 11) is 0. The van der Waals surface area contributed by atoms with E-state index in [1.807, 2.05) is 30.3 Å². The first-order chi connectivity index (χ1) is 13.0. The minimum absolute atomic E-state index is 0.207. The third-order valence-corrected chi connectivity index (χ3v) is 3.72. The first kappa shape index (κ1) is 18.2. The van der Waals surface area contributed by atoms with Gasteiger partial charge >= 0.3 is 0 Å². The largest absolute Gasteiger partial charge is 0.493 e. The summed E-state index contributed by atoms with van der Waals surface area (Å²) in [6.07, 6.45) is 0.263. The second-order valence-corrected chi connectivity index (χ2v) is 5.88. The van der Waals surface area contributed by atoms with Crippen LogP contribution in [-0.4, -0.2) is 27.5 Å². The number of ether oxygens (including phenoxy) is 1. The second kappa shape index (κ2) is 8.22. The molecule has 0 aliphatic heterocycles. The van der Waals surface area contributed by atoms with Gasteiger partial charge in [0.15, 0.2) is 5.76 Å². The second-order valence-electron chi connectivity index (χ2n) is 5.88. The van der Waals surface area contributed by atoms with Gasteiger partial charge in [-0.3, -0.25) is 9.59 Å². The van der Waals surface area contributed by atoms with E-state index in [2.05, 4.69) is 15.3 Å². The fraction of sp³-hybridized carbons (Fsp3) is 0.211. The Morgan fingerprint density at radius 2 is 2.07 bits per heavy atom. The van der Waals surface area contributed by atoms with Crippen molar-refractivity contribution in [3.63, 3.8) is 0 Å². The van der Waals surface area contributed by atoms with Gasteiger partial charge in [0.2, 0.25) is 5.88 Å². The van der Waals surface area contributed by atoms with Crippen LogP contribution in [0.15, 0.2) is 51.7 Å². The molecule has 0 fully saturated rings. The molecule has 0 spiro atoms. The Morgan fingerprint density at radius 3 is 2.81 bits per heavy atom. The summed E-state index contributed by atoms with van der Waals surface area (Å²) in [5.41, 5.74) is 0.247. The van der Waals surface area contributed by atoms with E-state index in [4.69, 9.17) is 9.15 Å². The fourth-order valence-corrected chi connectivity index (χ4v) is 2.50. The first-order valence-electron chi connectivity index (χ1n) is 8.36. The minimum atomic E-state index is -0.450. The van der Waals surface area contributed by atoms with Crippen LogP contribution < -0.4 is 15.6 Å². The van der Waals surface area contributed by atoms with Gasteiger partial charge < -0.3 is 24.6 Å². The third-order valence-electron chi connectivity index (χ3n) is 3.72. The number of aromatic amines is 1. The molecule has 2 heterocycles. The SMILES string of the molecule is Cc1cc(COc2ccccc2)oc1C(=O)NCCc1nc(O)cc(=O)[nH]1. The summed E-state index contributed by atoms with van der Waals surface area (Å²) in [5, 5.41) is 12.0. The van der Waals surface area contributed by atoms with Crippen molar-refractivity contribution in [2.24, 2.45) is 0 Å². The summed E-state index contributed by atoms with van der Waals surface area (Å²) in [6.45, 7) is 2.21. The van der Waals surface area contributed by atoms with Gasteiger partial charge in [0.1, 0.15) is 23.9 Å². The molecular weight excluding hydrogens is 350 g/mol. The van der Waals surface area contributed by atoms with E-state index >= 15 is 0 Å². The van der Waals surface area contributed by atoms with E-state index in [-0.39, 0.29) is 42.9 Å². The zero-order valence-electron chi connectivity index (χ0n) is 14.7. The highest BCUT2D eigenvalue weighted by molar-refractivity contribution is 5.92. The molecule has 8 heteroatoms. The van der Waals surface area contributed by atoms with Crippen LogP contribution in [0.2, 0.25) is 0 Å². The Bertz CT molecular complexity index is 979. The number of furan rings is 1. The maximum Gasteiger partial charge on any atom is 0.287 e. The molecular formula is C19H19N3O5. The number of aryl methyl sites for hydroxylation is 1.